The molecule has 0 atom stereocenters. The van der Waals surface area contributed by atoms with Crippen LogP contribution in [0.2, 0.25) is 0 Å². The normalized spacial score (nSPS) is 15.4. The van der Waals surface area contributed by atoms with Gasteiger partial charge >= 0.3 is 0 Å². The van der Waals surface area contributed by atoms with Crippen LogP contribution >= 0.6 is 0 Å². The molecule has 6 heteroatoms. The second kappa shape index (κ2) is 9.97. The largest absolute Gasteiger partial charge is 0.491 e. The molecule has 1 fully saturated rings. The number of hydrogen-bond acceptors (Lipinski definition) is 3. The summed E-state index contributed by atoms with van der Waals surface area (Å²) in [6.07, 6.45) is 2.10. The molecule has 0 unspecified atom stereocenters. The molecule has 0 aliphatic carbocycles. The molecule has 1 aliphatic heterocycles. The Morgan fingerprint density at radius 2 is 1.93 bits per heavy atom. The summed E-state index contributed by atoms with van der Waals surface area (Å²) >= 11 is 0. The molecule has 0 amide bonds. The van der Waals surface area contributed by atoms with Crippen LogP contribution in [0.1, 0.15) is 25.3 Å². The number of hydrogen-bond donors (Lipinski definition) is 2. The Balaban J connectivity index is 1.47. The van der Waals surface area contributed by atoms with Crippen molar-refractivity contribution in [2.45, 2.75) is 32.4 Å². The summed E-state index contributed by atoms with van der Waals surface area (Å²) in [4.78, 5) is 6.72. The zero-order valence-corrected chi connectivity index (χ0v) is 16.6. The molecule has 1 aliphatic rings. The molecular formula is C22H29FN4O. The molecule has 3 rings (SSSR count). The SMILES string of the molecule is CCOc1ccc(CNC(=NC)NC2CCN(c3ccccc3)CC2)cc1F. The zero-order chi connectivity index (χ0) is 19.8. The average molecular weight is 384 g/mol. The first-order valence-corrected chi connectivity index (χ1v) is 9.88. The lowest BCUT2D eigenvalue weighted by atomic mass is 10.0. The molecule has 28 heavy (non-hydrogen) atoms. The highest BCUT2D eigenvalue weighted by molar-refractivity contribution is 5.80. The van der Waals surface area contributed by atoms with Crippen LogP contribution in [0.3, 0.4) is 0 Å². The smallest absolute Gasteiger partial charge is 0.191 e. The van der Waals surface area contributed by atoms with Crippen molar-refractivity contribution in [3.63, 3.8) is 0 Å². The van der Waals surface area contributed by atoms with Crippen LogP contribution in [-0.2, 0) is 6.54 Å². The van der Waals surface area contributed by atoms with Gasteiger partial charge in [0.1, 0.15) is 0 Å². The third-order valence-corrected chi connectivity index (χ3v) is 4.94. The van der Waals surface area contributed by atoms with Crippen molar-refractivity contribution < 1.29 is 9.13 Å². The zero-order valence-electron chi connectivity index (χ0n) is 16.6. The lowest BCUT2D eigenvalue weighted by Crippen LogP contribution is -2.48. The quantitative estimate of drug-likeness (QED) is 0.591. The van der Waals surface area contributed by atoms with Crippen molar-refractivity contribution in [3.8, 4) is 5.75 Å². The van der Waals surface area contributed by atoms with Gasteiger partial charge in [-0.05, 0) is 49.6 Å². The Bertz CT molecular complexity index is 773. The van der Waals surface area contributed by atoms with E-state index in [2.05, 4.69) is 44.8 Å². The van der Waals surface area contributed by atoms with Crippen molar-refractivity contribution in [2.24, 2.45) is 4.99 Å². The number of piperidine rings is 1. The van der Waals surface area contributed by atoms with Crippen LogP contribution in [0.5, 0.6) is 5.75 Å². The van der Waals surface area contributed by atoms with Gasteiger partial charge < -0.3 is 20.3 Å². The summed E-state index contributed by atoms with van der Waals surface area (Å²) in [6.45, 7) is 4.83. The lowest BCUT2D eigenvalue weighted by molar-refractivity contribution is 0.321. The van der Waals surface area contributed by atoms with E-state index in [1.165, 1.54) is 11.8 Å². The lowest BCUT2D eigenvalue weighted by Gasteiger charge is -2.34. The molecule has 5 nitrogen and oxygen atoms in total. The van der Waals surface area contributed by atoms with Gasteiger partial charge in [0.15, 0.2) is 17.5 Å². The third-order valence-electron chi connectivity index (χ3n) is 4.94. The van der Waals surface area contributed by atoms with E-state index in [0.717, 1.165) is 37.5 Å². The predicted octanol–water partition coefficient (Wildman–Crippen LogP) is 3.56. The van der Waals surface area contributed by atoms with Crippen LogP contribution in [0, 0.1) is 5.82 Å². The van der Waals surface area contributed by atoms with Crippen molar-refractivity contribution in [3.05, 3.63) is 59.9 Å². The summed E-state index contributed by atoms with van der Waals surface area (Å²) in [5.41, 5.74) is 2.13. The predicted molar refractivity (Wildman–Crippen MR) is 113 cm³/mol. The number of halogens is 1. The maximum atomic E-state index is 14.0. The van der Waals surface area contributed by atoms with E-state index in [1.807, 2.05) is 19.1 Å². The monoisotopic (exact) mass is 384 g/mol. The number of nitrogens with zero attached hydrogens (tertiary/aromatic N) is 2. The molecular weight excluding hydrogens is 355 g/mol. The number of benzene rings is 2. The Morgan fingerprint density at radius 1 is 1.18 bits per heavy atom. The van der Waals surface area contributed by atoms with Crippen LogP contribution in [0.15, 0.2) is 53.5 Å². The van der Waals surface area contributed by atoms with Gasteiger partial charge in [0.2, 0.25) is 0 Å². The van der Waals surface area contributed by atoms with E-state index >= 15 is 0 Å². The van der Waals surface area contributed by atoms with Crippen molar-refractivity contribution in [2.75, 3.05) is 31.6 Å². The minimum Gasteiger partial charge on any atom is -0.491 e. The number of ether oxygens (including phenoxy) is 1. The summed E-state index contributed by atoms with van der Waals surface area (Å²) < 4.78 is 19.2. The maximum absolute atomic E-state index is 14.0. The first-order valence-electron chi connectivity index (χ1n) is 9.88. The number of rotatable bonds is 6. The minimum atomic E-state index is -0.336. The number of guanidine groups is 1. The van der Waals surface area contributed by atoms with Crippen molar-refractivity contribution in [1.29, 1.82) is 0 Å². The highest BCUT2D eigenvalue weighted by atomic mass is 19.1. The molecule has 2 aromatic carbocycles. The molecule has 0 spiro atoms. The number of anilines is 1. The molecule has 1 heterocycles. The Kier molecular flexibility index (Phi) is 7.12. The van der Waals surface area contributed by atoms with Gasteiger partial charge in [-0.3, -0.25) is 4.99 Å². The molecule has 2 aromatic rings. The van der Waals surface area contributed by atoms with E-state index in [4.69, 9.17) is 4.74 Å². The highest BCUT2D eigenvalue weighted by Gasteiger charge is 2.20. The second-order valence-corrected chi connectivity index (χ2v) is 6.86. The van der Waals surface area contributed by atoms with Crippen molar-refractivity contribution >= 4 is 11.6 Å². The Morgan fingerprint density at radius 3 is 2.57 bits per heavy atom. The van der Waals surface area contributed by atoms with Gasteiger partial charge in [0.25, 0.3) is 0 Å². The Labute approximate surface area is 166 Å². The molecule has 0 aromatic heterocycles. The molecule has 1 saturated heterocycles. The van der Waals surface area contributed by atoms with E-state index in [0.29, 0.717) is 24.9 Å². The highest BCUT2D eigenvalue weighted by Crippen LogP contribution is 2.20. The van der Waals surface area contributed by atoms with Crippen LogP contribution in [0.4, 0.5) is 10.1 Å². The molecule has 0 bridgehead atoms. The van der Waals surface area contributed by atoms with Crippen LogP contribution in [0.25, 0.3) is 0 Å². The maximum Gasteiger partial charge on any atom is 0.191 e. The number of para-hydroxylation sites is 1. The number of nitrogens with one attached hydrogen (secondary N) is 2. The first kappa shape index (κ1) is 20.0. The summed E-state index contributed by atoms with van der Waals surface area (Å²) in [7, 11) is 1.76. The topological polar surface area (TPSA) is 48.9 Å². The van der Waals surface area contributed by atoms with E-state index < -0.39 is 0 Å². The third kappa shape index (κ3) is 5.38. The van der Waals surface area contributed by atoms with Gasteiger partial charge in [-0.1, -0.05) is 24.3 Å². The molecule has 150 valence electrons. The van der Waals surface area contributed by atoms with Crippen LogP contribution < -0.4 is 20.3 Å². The van der Waals surface area contributed by atoms with Gasteiger partial charge in [-0.15, -0.1) is 0 Å². The summed E-state index contributed by atoms with van der Waals surface area (Å²) in [6, 6.07) is 15.9. The molecule has 2 N–H and O–H groups in total. The fraction of sp³-hybridized carbons (Fsp3) is 0.409. The minimum absolute atomic E-state index is 0.291. The molecule has 0 radical (unpaired) electrons. The second-order valence-electron chi connectivity index (χ2n) is 6.86. The van der Waals surface area contributed by atoms with Gasteiger partial charge in [0.05, 0.1) is 6.61 Å². The van der Waals surface area contributed by atoms with Gasteiger partial charge in [-0.2, -0.15) is 0 Å². The summed E-state index contributed by atoms with van der Waals surface area (Å²) in [5.74, 6) is 0.698. The number of aliphatic imine (C=N–C) groups is 1. The van der Waals surface area contributed by atoms with Crippen LogP contribution in [-0.4, -0.2) is 38.7 Å². The molecule has 0 saturated carbocycles. The Hall–Kier alpha value is -2.76. The average Bonchev–Trinajstić information content (AvgIpc) is 2.74. The van der Waals surface area contributed by atoms with E-state index in [1.54, 1.807) is 13.1 Å². The van der Waals surface area contributed by atoms with E-state index in [9.17, 15) is 4.39 Å². The fourth-order valence-corrected chi connectivity index (χ4v) is 3.42. The van der Waals surface area contributed by atoms with Crippen molar-refractivity contribution in [1.82, 2.24) is 10.6 Å². The summed E-state index contributed by atoms with van der Waals surface area (Å²) in [5, 5.41) is 6.76. The van der Waals surface area contributed by atoms with Gasteiger partial charge in [0, 0.05) is 38.4 Å². The first-order chi connectivity index (χ1) is 13.7. The standard InChI is InChI=1S/C22H29FN4O/c1-3-28-21-10-9-17(15-20(21)23)16-25-22(24-2)26-18-11-13-27(14-12-18)19-7-5-4-6-8-19/h4-10,15,18H,3,11-14,16H2,1-2H3,(H2,24,25,26). The fourth-order valence-electron chi connectivity index (χ4n) is 3.42. The van der Waals surface area contributed by atoms with E-state index in [-0.39, 0.29) is 5.82 Å². The van der Waals surface area contributed by atoms with Gasteiger partial charge in [-0.25, -0.2) is 4.39 Å².